The highest BCUT2D eigenvalue weighted by Crippen LogP contribution is 2.19. The Morgan fingerprint density at radius 2 is 1.81 bits per heavy atom. The maximum Gasteiger partial charge on any atom is 0.255 e. The molecule has 0 radical (unpaired) electrons. The number of aromatic nitrogens is 2. The Bertz CT molecular complexity index is 810. The van der Waals surface area contributed by atoms with E-state index in [0.717, 1.165) is 68.5 Å². The van der Waals surface area contributed by atoms with Crippen LogP contribution in [0.3, 0.4) is 0 Å². The van der Waals surface area contributed by atoms with E-state index in [2.05, 4.69) is 26.9 Å². The maximum atomic E-state index is 12.6. The quantitative estimate of drug-likeness (QED) is 0.910. The third kappa shape index (κ3) is 3.60. The lowest BCUT2D eigenvalue weighted by atomic mass is 10.1. The molecule has 6 nitrogen and oxygen atoms in total. The number of hydrogen-bond donors (Lipinski definition) is 1. The van der Waals surface area contributed by atoms with Gasteiger partial charge >= 0.3 is 0 Å². The van der Waals surface area contributed by atoms with E-state index in [1.54, 1.807) is 7.11 Å². The van der Waals surface area contributed by atoms with Crippen LogP contribution in [0.25, 0.3) is 0 Å². The predicted octanol–water partition coefficient (Wildman–Crippen LogP) is 1.98. The van der Waals surface area contributed by atoms with Gasteiger partial charge in [-0.05, 0) is 37.0 Å². The second-order valence-electron chi connectivity index (χ2n) is 7.13. The van der Waals surface area contributed by atoms with Crippen molar-refractivity contribution in [3.05, 3.63) is 51.4 Å². The van der Waals surface area contributed by atoms with Crippen molar-refractivity contribution in [2.75, 3.05) is 38.2 Å². The molecule has 1 N–H and O–H groups in total. The van der Waals surface area contributed by atoms with E-state index in [9.17, 15) is 4.79 Å². The Kier molecular flexibility index (Phi) is 4.93. The van der Waals surface area contributed by atoms with Crippen molar-refractivity contribution in [2.24, 2.45) is 0 Å². The molecule has 0 unspecified atom stereocenters. The molecule has 0 bridgehead atoms. The summed E-state index contributed by atoms with van der Waals surface area (Å²) in [6.45, 7) is 4.67. The Morgan fingerprint density at radius 3 is 2.54 bits per heavy atom. The zero-order valence-electron chi connectivity index (χ0n) is 15.3. The van der Waals surface area contributed by atoms with E-state index in [1.165, 1.54) is 18.4 Å². The van der Waals surface area contributed by atoms with Crippen molar-refractivity contribution in [3.8, 4) is 5.75 Å². The molecule has 0 spiro atoms. The van der Waals surface area contributed by atoms with E-state index >= 15 is 0 Å². The first kappa shape index (κ1) is 17.1. The lowest BCUT2D eigenvalue weighted by Crippen LogP contribution is -2.27. The molecule has 0 amide bonds. The molecule has 1 aromatic heterocycles. The summed E-state index contributed by atoms with van der Waals surface area (Å²) >= 11 is 0. The Labute approximate surface area is 153 Å². The van der Waals surface area contributed by atoms with Gasteiger partial charge in [0.2, 0.25) is 5.95 Å². The first-order valence-electron chi connectivity index (χ1n) is 9.45. The summed E-state index contributed by atoms with van der Waals surface area (Å²) < 4.78 is 5.22. The number of nitrogens with one attached hydrogen (secondary N) is 1. The van der Waals surface area contributed by atoms with Crippen molar-refractivity contribution in [3.63, 3.8) is 0 Å². The molecule has 4 rings (SSSR count). The smallest absolute Gasteiger partial charge is 0.255 e. The first-order chi connectivity index (χ1) is 12.7. The van der Waals surface area contributed by atoms with Crippen molar-refractivity contribution < 1.29 is 4.74 Å². The molecule has 0 aliphatic carbocycles. The number of rotatable bonds is 4. The Hall–Kier alpha value is -2.34. The molecular formula is C20H26N4O2. The highest BCUT2D eigenvalue weighted by atomic mass is 16.5. The summed E-state index contributed by atoms with van der Waals surface area (Å²) in [4.78, 5) is 25.0. The van der Waals surface area contributed by atoms with Crippen LogP contribution in [0.2, 0.25) is 0 Å². The molecule has 1 saturated heterocycles. The fourth-order valence-electron chi connectivity index (χ4n) is 3.87. The predicted molar refractivity (Wildman–Crippen MR) is 102 cm³/mol. The van der Waals surface area contributed by atoms with Gasteiger partial charge in [-0.15, -0.1) is 0 Å². The number of hydrogen-bond acceptors (Lipinski definition) is 5. The summed E-state index contributed by atoms with van der Waals surface area (Å²) in [5.74, 6) is 1.64. The highest BCUT2D eigenvalue weighted by molar-refractivity contribution is 5.35. The van der Waals surface area contributed by atoms with E-state index in [1.807, 2.05) is 12.1 Å². The number of anilines is 1. The Morgan fingerprint density at radius 1 is 1.08 bits per heavy atom. The van der Waals surface area contributed by atoms with Crippen LogP contribution in [-0.4, -0.2) is 48.2 Å². The maximum absolute atomic E-state index is 12.6. The topological polar surface area (TPSA) is 61.5 Å². The zero-order chi connectivity index (χ0) is 17.9. The number of benzene rings is 1. The SMILES string of the molecule is COc1ccc(CN2CCc3nc(N4CCCC4)[nH]c(=O)c3CC2)cc1. The fourth-order valence-corrected chi connectivity index (χ4v) is 3.87. The molecule has 6 heteroatoms. The van der Waals surface area contributed by atoms with E-state index in [0.29, 0.717) is 0 Å². The van der Waals surface area contributed by atoms with Crippen LogP contribution in [0.5, 0.6) is 5.75 Å². The average Bonchev–Trinajstić information content (AvgIpc) is 3.12. The van der Waals surface area contributed by atoms with Crippen LogP contribution >= 0.6 is 0 Å². The lowest BCUT2D eigenvalue weighted by molar-refractivity contribution is 0.278. The normalized spacial score (nSPS) is 17.8. The van der Waals surface area contributed by atoms with Crippen LogP contribution in [0.4, 0.5) is 5.95 Å². The molecule has 1 aromatic carbocycles. The van der Waals surface area contributed by atoms with Gasteiger partial charge in [0.25, 0.3) is 5.56 Å². The molecule has 138 valence electrons. The lowest BCUT2D eigenvalue weighted by Gasteiger charge is -2.19. The number of nitrogens with zero attached hydrogens (tertiary/aromatic N) is 3. The van der Waals surface area contributed by atoms with Crippen LogP contribution in [0.15, 0.2) is 29.1 Å². The summed E-state index contributed by atoms with van der Waals surface area (Å²) in [6.07, 6.45) is 3.94. The third-order valence-corrected chi connectivity index (χ3v) is 5.40. The Balaban J connectivity index is 1.47. The highest BCUT2D eigenvalue weighted by Gasteiger charge is 2.21. The van der Waals surface area contributed by atoms with Gasteiger partial charge in [0.1, 0.15) is 5.75 Å². The van der Waals surface area contributed by atoms with Crippen LogP contribution in [0.1, 0.15) is 29.7 Å². The van der Waals surface area contributed by atoms with Crippen molar-refractivity contribution in [1.29, 1.82) is 0 Å². The van der Waals surface area contributed by atoms with Gasteiger partial charge in [0.15, 0.2) is 0 Å². The van der Waals surface area contributed by atoms with E-state index < -0.39 is 0 Å². The average molecular weight is 354 g/mol. The molecule has 0 saturated carbocycles. The fraction of sp³-hybridized carbons (Fsp3) is 0.500. The second kappa shape index (κ2) is 7.50. The number of methoxy groups -OCH3 is 1. The van der Waals surface area contributed by atoms with Crippen molar-refractivity contribution in [2.45, 2.75) is 32.2 Å². The van der Waals surface area contributed by atoms with Crippen LogP contribution < -0.4 is 15.2 Å². The molecule has 2 aliphatic heterocycles. The minimum Gasteiger partial charge on any atom is -0.497 e. The van der Waals surface area contributed by atoms with E-state index in [-0.39, 0.29) is 5.56 Å². The van der Waals surface area contributed by atoms with Gasteiger partial charge in [0.05, 0.1) is 12.8 Å². The summed E-state index contributed by atoms with van der Waals surface area (Å²) in [5, 5.41) is 0. The van der Waals surface area contributed by atoms with E-state index in [4.69, 9.17) is 9.72 Å². The minimum absolute atomic E-state index is 0.0446. The van der Waals surface area contributed by atoms with Crippen molar-refractivity contribution in [1.82, 2.24) is 14.9 Å². The molecule has 3 heterocycles. The largest absolute Gasteiger partial charge is 0.497 e. The minimum atomic E-state index is 0.0446. The monoisotopic (exact) mass is 354 g/mol. The zero-order valence-corrected chi connectivity index (χ0v) is 15.3. The molecule has 2 aromatic rings. The van der Waals surface area contributed by atoms with Gasteiger partial charge in [-0.2, -0.15) is 0 Å². The summed E-state index contributed by atoms with van der Waals surface area (Å²) in [5.41, 5.74) is 3.15. The van der Waals surface area contributed by atoms with Gasteiger partial charge < -0.3 is 9.64 Å². The van der Waals surface area contributed by atoms with Crippen molar-refractivity contribution >= 4 is 5.95 Å². The standard InChI is InChI=1S/C20H26N4O2/c1-26-16-6-4-15(5-7-16)14-23-12-8-17-18(9-13-23)21-20(22-19(17)25)24-10-2-3-11-24/h4-7H,2-3,8-14H2,1H3,(H,21,22,25). The molecule has 0 atom stereocenters. The number of H-pyrrole nitrogens is 1. The summed E-state index contributed by atoms with van der Waals surface area (Å²) in [6, 6.07) is 8.20. The van der Waals surface area contributed by atoms with Gasteiger partial charge in [-0.3, -0.25) is 14.7 Å². The number of ether oxygens (including phenoxy) is 1. The number of fused-ring (bicyclic) bond motifs is 1. The third-order valence-electron chi connectivity index (χ3n) is 5.40. The van der Waals surface area contributed by atoms with Gasteiger partial charge in [-0.25, -0.2) is 4.98 Å². The van der Waals surface area contributed by atoms with Gasteiger partial charge in [0, 0.05) is 44.7 Å². The first-order valence-corrected chi connectivity index (χ1v) is 9.45. The van der Waals surface area contributed by atoms with Gasteiger partial charge in [-0.1, -0.05) is 12.1 Å². The van der Waals surface area contributed by atoms with Crippen LogP contribution in [-0.2, 0) is 19.4 Å². The molecule has 1 fully saturated rings. The molecule has 26 heavy (non-hydrogen) atoms. The van der Waals surface area contributed by atoms with Crippen LogP contribution in [0, 0.1) is 0 Å². The molecular weight excluding hydrogens is 328 g/mol. The summed E-state index contributed by atoms with van der Waals surface area (Å²) in [7, 11) is 1.68. The second-order valence-corrected chi connectivity index (χ2v) is 7.13. The molecule has 2 aliphatic rings. The number of aromatic amines is 1.